The van der Waals surface area contributed by atoms with Gasteiger partial charge in [0.25, 0.3) is 5.56 Å². The molecular formula is C13H20N4O3. The predicted octanol–water partition coefficient (Wildman–Crippen LogP) is -0.311. The number of morpholine rings is 1. The number of nitrogens with one attached hydrogen (secondary N) is 1. The molecule has 2 aliphatic heterocycles. The highest BCUT2D eigenvalue weighted by molar-refractivity contribution is 5.51. The van der Waals surface area contributed by atoms with Crippen molar-refractivity contribution in [1.29, 1.82) is 0 Å². The first kappa shape index (κ1) is 13.4. The first-order valence-corrected chi connectivity index (χ1v) is 6.98. The molecule has 7 nitrogen and oxygen atoms in total. The van der Waals surface area contributed by atoms with Gasteiger partial charge in [0.15, 0.2) is 5.82 Å². The summed E-state index contributed by atoms with van der Waals surface area (Å²) < 4.78 is 10.6. The zero-order valence-electron chi connectivity index (χ0n) is 11.7. The smallest absolute Gasteiger partial charge is 0.295 e. The maximum absolute atomic E-state index is 11.7. The summed E-state index contributed by atoms with van der Waals surface area (Å²) in [6.45, 7) is 5.37. The molecule has 2 fully saturated rings. The van der Waals surface area contributed by atoms with Gasteiger partial charge in [-0.05, 0) is 6.42 Å². The summed E-state index contributed by atoms with van der Waals surface area (Å²) in [7, 11) is 1.51. The number of H-pyrrole nitrogens is 1. The molecule has 1 unspecified atom stereocenters. The van der Waals surface area contributed by atoms with Crippen molar-refractivity contribution in [2.24, 2.45) is 0 Å². The molecule has 3 rings (SSSR count). The third-order valence-corrected chi connectivity index (χ3v) is 4.02. The Labute approximate surface area is 117 Å². The van der Waals surface area contributed by atoms with Gasteiger partial charge < -0.3 is 19.4 Å². The van der Waals surface area contributed by atoms with Crippen LogP contribution in [0.4, 0.5) is 5.82 Å². The van der Waals surface area contributed by atoms with Gasteiger partial charge in [0, 0.05) is 32.2 Å². The Kier molecular flexibility index (Phi) is 3.88. The molecule has 0 aliphatic carbocycles. The molecule has 7 heteroatoms. The third-order valence-electron chi connectivity index (χ3n) is 4.02. The van der Waals surface area contributed by atoms with Crippen LogP contribution in [0, 0.1) is 0 Å². The minimum absolute atomic E-state index is 0.229. The Morgan fingerprint density at radius 1 is 1.40 bits per heavy atom. The Hall–Kier alpha value is -1.60. The first-order chi connectivity index (χ1) is 9.79. The molecule has 3 heterocycles. The molecule has 0 amide bonds. The van der Waals surface area contributed by atoms with E-state index in [2.05, 4.69) is 19.8 Å². The Morgan fingerprint density at radius 3 is 2.95 bits per heavy atom. The molecule has 1 aromatic rings. The highest BCUT2D eigenvalue weighted by atomic mass is 16.5. The monoisotopic (exact) mass is 280 g/mol. The molecule has 2 saturated heterocycles. The van der Waals surface area contributed by atoms with Crippen LogP contribution in [0.2, 0.25) is 0 Å². The maximum Gasteiger partial charge on any atom is 0.295 e. The maximum atomic E-state index is 11.7. The van der Waals surface area contributed by atoms with Gasteiger partial charge in [-0.3, -0.25) is 9.69 Å². The van der Waals surface area contributed by atoms with Crippen molar-refractivity contribution in [2.45, 2.75) is 12.5 Å². The van der Waals surface area contributed by atoms with Crippen molar-refractivity contribution in [1.82, 2.24) is 14.9 Å². The van der Waals surface area contributed by atoms with Crippen molar-refractivity contribution >= 4 is 5.82 Å². The zero-order valence-corrected chi connectivity index (χ0v) is 11.7. The quantitative estimate of drug-likeness (QED) is 0.819. The number of rotatable bonds is 3. The average molecular weight is 280 g/mol. The van der Waals surface area contributed by atoms with Crippen molar-refractivity contribution in [3.8, 4) is 5.75 Å². The Morgan fingerprint density at radius 2 is 2.20 bits per heavy atom. The second-order valence-electron chi connectivity index (χ2n) is 5.13. The van der Waals surface area contributed by atoms with E-state index in [1.54, 1.807) is 0 Å². The second-order valence-corrected chi connectivity index (χ2v) is 5.13. The number of hydrogen-bond acceptors (Lipinski definition) is 6. The summed E-state index contributed by atoms with van der Waals surface area (Å²) in [5, 5.41) is 0. The normalized spacial score (nSPS) is 24.1. The fourth-order valence-electron chi connectivity index (χ4n) is 2.96. The largest absolute Gasteiger partial charge is 0.489 e. The number of aromatic nitrogens is 2. The van der Waals surface area contributed by atoms with E-state index in [0.29, 0.717) is 17.6 Å². The summed E-state index contributed by atoms with van der Waals surface area (Å²) in [5.41, 5.74) is -0.229. The molecule has 0 bridgehead atoms. The van der Waals surface area contributed by atoms with Crippen LogP contribution >= 0.6 is 0 Å². The van der Waals surface area contributed by atoms with Gasteiger partial charge in [0.1, 0.15) is 0 Å². The van der Waals surface area contributed by atoms with Crippen LogP contribution in [0.1, 0.15) is 6.42 Å². The molecule has 1 N–H and O–H groups in total. The zero-order chi connectivity index (χ0) is 13.9. The van der Waals surface area contributed by atoms with Crippen LogP contribution in [-0.2, 0) is 4.74 Å². The van der Waals surface area contributed by atoms with Gasteiger partial charge in [0.05, 0.1) is 26.7 Å². The molecule has 0 saturated carbocycles. The predicted molar refractivity (Wildman–Crippen MR) is 74.4 cm³/mol. The molecule has 1 aromatic heterocycles. The summed E-state index contributed by atoms with van der Waals surface area (Å²) in [6, 6.07) is 0.504. The molecular weight excluding hydrogens is 260 g/mol. The van der Waals surface area contributed by atoms with Gasteiger partial charge in [-0.2, -0.15) is 0 Å². The molecule has 1 atom stereocenters. The number of hydrogen-bond donors (Lipinski definition) is 1. The van der Waals surface area contributed by atoms with Crippen LogP contribution in [0.5, 0.6) is 5.75 Å². The third kappa shape index (κ3) is 2.51. The van der Waals surface area contributed by atoms with Gasteiger partial charge in [-0.25, -0.2) is 4.98 Å². The van der Waals surface area contributed by atoms with Gasteiger partial charge >= 0.3 is 0 Å². The van der Waals surface area contributed by atoms with Crippen molar-refractivity contribution < 1.29 is 9.47 Å². The van der Waals surface area contributed by atoms with Gasteiger partial charge in [-0.1, -0.05) is 0 Å². The van der Waals surface area contributed by atoms with E-state index in [-0.39, 0.29) is 5.56 Å². The summed E-state index contributed by atoms with van der Waals surface area (Å²) in [6.07, 6.45) is 2.51. The number of aromatic amines is 1. The SMILES string of the molecule is COc1c(N2CCC(N3CCOCC3)C2)nc[nH]c1=O. The number of anilines is 1. The van der Waals surface area contributed by atoms with E-state index in [1.165, 1.54) is 13.4 Å². The summed E-state index contributed by atoms with van der Waals surface area (Å²) >= 11 is 0. The van der Waals surface area contributed by atoms with Gasteiger partial charge in [0.2, 0.25) is 5.75 Å². The van der Waals surface area contributed by atoms with E-state index in [1.807, 2.05) is 0 Å². The second kappa shape index (κ2) is 5.80. The molecule has 0 spiro atoms. The molecule has 0 radical (unpaired) electrons. The highest BCUT2D eigenvalue weighted by Crippen LogP contribution is 2.26. The minimum Gasteiger partial charge on any atom is -0.489 e. The number of nitrogens with zero attached hydrogens (tertiary/aromatic N) is 3. The minimum atomic E-state index is -0.229. The average Bonchev–Trinajstić information content (AvgIpc) is 2.97. The molecule has 0 aromatic carbocycles. The molecule has 110 valence electrons. The van der Waals surface area contributed by atoms with Gasteiger partial charge in [-0.15, -0.1) is 0 Å². The Bertz CT molecular complexity index is 513. The van der Waals surface area contributed by atoms with E-state index in [0.717, 1.165) is 45.8 Å². The lowest BCUT2D eigenvalue weighted by atomic mass is 10.2. The molecule has 2 aliphatic rings. The number of ether oxygens (including phenoxy) is 2. The lowest BCUT2D eigenvalue weighted by Crippen LogP contribution is -2.44. The van der Waals surface area contributed by atoms with Crippen molar-refractivity contribution in [3.63, 3.8) is 0 Å². The standard InChI is InChI=1S/C13H20N4O3/c1-19-11-12(14-9-15-13(11)18)17-3-2-10(8-17)16-4-6-20-7-5-16/h9-10H,2-8H2,1H3,(H,14,15,18). The summed E-state index contributed by atoms with van der Waals surface area (Å²) in [4.78, 5) is 23.1. The van der Waals surface area contributed by atoms with E-state index >= 15 is 0 Å². The van der Waals surface area contributed by atoms with E-state index in [4.69, 9.17) is 9.47 Å². The lowest BCUT2D eigenvalue weighted by Gasteiger charge is -2.32. The summed E-state index contributed by atoms with van der Waals surface area (Å²) in [5.74, 6) is 0.946. The van der Waals surface area contributed by atoms with E-state index in [9.17, 15) is 4.79 Å². The van der Waals surface area contributed by atoms with Crippen molar-refractivity contribution in [2.75, 3.05) is 51.4 Å². The topological polar surface area (TPSA) is 70.7 Å². The van der Waals surface area contributed by atoms with Crippen LogP contribution in [0.3, 0.4) is 0 Å². The van der Waals surface area contributed by atoms with Crippen LogP contribution in [-0.4, -0.2) is 67.4 Å². The number of methoxy groups -OCH3 is 1. The Balaban J connectivity index is 1.73. The van der Waals surface area contributed by atoms with Crippen LogP contribution in [0.15, 0.2) is 11.1 Å². The highest BCUT2D eigenvalue weighted by Gasteiger charge is 2.31. The van der Waals surface area contributed by atoms with E-state index < -0.39 is 0 Å². The fourth-order valence-corrected chi connectivity index (χ4v) is 2.96. The lowest BCUT2D eigenvalue weighted by molar-refractivity contribution is 0.0209. The van der Waals surface area contributed by atoms with Crippen LogP contribution in [0.25, 0.3) is 0 Å². The fraction of sp³-hybridized carbons (Fsp3) is 0.692. The van der Waals surface area contributed by atoms with Crippen molar-refractivity contribution in [3.05, 3.63) is 16.7 Å². The first-order valence-electron chi connectivity index (χ1n) is 6.98. The van der Waals surface area contributed by atoms with Crippen LogP contribution < -0.4 is 15.2 Å². The molecule has 20 heavy (non-hydrogen) atoms.